The molecule has 0 bridgehead atoms. The molecule has 2 rings (SSSR count). The van der Waals surface area contributed by atoms with Crippen LogP contribution in [0.3, 0.4) is 0 Å². The third-order valence-electron chi connectivity index (χ3n) is 2.55. The van der Waals surface area contributed by atoms with E-state index in [4.69, 9.17) is 11.6 Å². The van der Waals surface area contributed by atoms with Crippen molar-refractivity contribution in [2.75, 3.05) is 18.0 Å². The van der Waals surface area contributed by atoms with Gasteiger partial charge in [0.25, 0.3) is 0 Å². The van der Waals surface area contributed by atoms with Crippen LogP contribution in [-0.4, -0.2) is 23.1 Å². The van der Waals surface area contributed by atoms with Gasteiger partial charge in [-0.1, -0.05) is 0 Å². The largest absolute Gasteiger partial charge is 0.356 e. The molecule has 0 N–H and O–H groups in total. The average Bonchev–Trinajstić information content (AvgIpc) is 3.02. The van der Waals surface area contributed by atoms with Crippen LogP contribution in [0.5, 0.6) is 0 Å². The number of nitrogens with zero attached hydrogens (tertiary/aromatic N) is 3. The molecular formula is C10H13BrClN3. The molecule has 5 heteroatoms. The lowest BCUT2D eigenvalue weighted by molar-refractivity contribution is 0.728. The van der Waals surface area contributed by atoms with Gasteiger partial charge in [-0.2, -0.15) is 4.98 Å². The van der Waals surface area contributed by atoms with Crippen molar-refractivity contribution in [2.24, 2.45) is 5.92 Å². The molecular weight excluding hydrogens is 277 g/mol. The lowest BCUT2D eigenvalue weighted by atomic mass is 10.3. The second kappa shape index (κ2) is 4.66. The molecule has 0 aromatic carbocycles. The van der Waals surface area contributed by atoms with E-state index in [1.54, 1.807) is 6.20 Å². The lowest BCUT2D eigenvalue weighted by Crippen LogP contribution is -2.26. The van der Waals surface area contributed by atoms with Crippen LogP contribution in [0.15, 0.2) is 10.7 Å². The number of hydrogen-bond donors (Lipinski definition) is 0. The van der Waals surface area contributed by atoms with Gasteiger partial charge in [0.2, 0.25) is 5.28 Å². The van der Waals surface area contributed by atoms with Crippen molar-refractivity contribution in [1.82, 2.24) is 9.97 Å². The van der Waals surface area contributed by atoms with Crippen molar-refractivity contribution < 1.29 is 0 Å². The summed E-state index contributed by atoms with van der Waals surface area (Å²) in [5.74, 6) is 1.75. The second-order valence-electron chi connectivity index (χ2n) is 3.79. The Morgan fingerprint density at radius 2 is 2.33 bits per heavy atom. The van der Waals surface area contributed by atoms with Gasteiger partial charge in [-0.15, -0.1) is 0 Å². The Morgan fingerprint density at radius 1 is 1.60 bits per heavy atom. The monoisotopic (exact) mass is 289 g/mol. The second-order valence-corrected chi connectivity index (χ2v) is 4.98. The number of aromatic nitrogens is 2. The molecule has 0 unspecified atom stereocenters. The molecule has 82 valence electrons. The Bertz CT molecular complexity index is 355. The van der Waals surface area contributed by atoms with E-state index in [9.17, 15) is 0 Å². The highest BCUT2D eigenvalue weighted by Gasteiger charge is 2.25. The van der Waals surface area contributed by atoms with Crippen LogP contribution in [-0.2, 0) is 0 Å². The Balaban J connectivity index is 2.19. The minimum atomic E-state index is 0.308. The Morgan fingerprint density at radius 3 is 2.93 bits per heavy atom. The van der Waals surface area contributed by atoms with Crippen molar-refractivity contribution in [3.8, 4) is 0 Å². The van der Waals surface area contributed by atoms with Gasteiger partial charge in [0.05, 0.1) is 4.47 Å². The third-order valence-corrected chi connectivity index (χ3v) is 3.29. The van der Waals surface area contributed by atoms with Gasteiger partial charge >= 0.3 is 0 Å². The molecule has 1 heterocycles. The number of hydrogen-bond acceptors (Lipinski definition) is 3. The maximum absolute atomic E-state index is 5.80. The van der Waals surface area contributed by atoms with E-state index < -0.39 is 0 Å². The first-order valence-electron chi connectivity index (χ1n) is 5.13. The minimum absolute atomic E-state index is 0.308. The topological polar surface area (TPSA) is 29.0 Å². The predicted octanol–water partition coefficient (Wildman–Crippen LogP) is 3.13. The van der Waals surface area contributed by atoms with Gasteiger partial charge in [0, 0.05) is 19.3 Å². The third kappa shape index (κ3) is 2.82. The fourth-order valence-corrected chi connectivity index (χ4v) is 2.11. The maximum atomic E-state index is 5.80. The summed E-state index contributed by atoms with van der Waals surface area (Å²) in [6.07, 6.45) is 4.39. The molecule has 0 radical (unpaired) electrons. The van der Waals surface area contributed by atoms with Gasteiger partial charge in [0.15, 0.2) is 0 Å². The Kier molecular flexibility index (Phi) is 3.46. The van der Waals surface area contributed by atoms with Crippen molar-refractivity contribution in [2.45, 2.75) is 19.8 Å². The number of halogens is 2. The first-order valence-corrected chi connectivity index (χ1v) is 6.30. The van der Waals surface area contributed by atoms with E-state index in [2.05, 4.69) is 37.7 Å². The molecule has 15 heavy (non-hydrogen) atoms. The molecule has 0 atom stereocenters. The van der Waals surface area contributed by atoms with E-state index in [1.165, 1.54) is 12.8 Å². The molecule has 1 aliphatic rings. The molecule has 0 spiro atoms. The number of rotatable bonds is 4. The molecule has 1 saturated carbocycles. The molecule has 0 saturated heterocycles. The van der Waals surface area contributed by atoms with Crippen LogP contribution in [0.4, 0.5) is 5.82 Å². The van der Waals surface area contributed by atoms with Crippen LogP contribution in [0.2, 0.25) is 5.28 Å². The van der Waals surface area contributed by atoms with Crippen LogP contribution in [0.25, 0.3) is 0 Å². The first-order chi connectivity index (χ1) is 7.20. The van der Waals surface area contributed by atoms with Crippen molar-refractivity contribution in [1.29, 1.82) is 0 Å². The minimum Gasteiger partial charge on any atom is -0.356 e. The van der Waals surface area contributed by atoms with E-state index >= 15 is 0 Å². The summed E-state index contributed by atoms with van der Waals surface area (Å²) in [5, 5.41) is 0.308. The summed E-state index contributed by atoms with van der Waals surface area (Å²) in [6, 6.07) is 0. The summed E-state index contributed by atoms with van der Waals surface area (Å²) in [4.78, 5) is 10.4. The van der Waals surface area contributed by atoms with E-state index in [-0.39, 0.29) is 0 Å². The molecule has 0 amide bonds. The highest BCUT2D eigenvalue weighted by atomic mass is 79.9. The zero-order valence-corrected chi connectivity index (χ0v) is 10.9. The average molecular weight is 291 g/mol. The standard InChI is InChI=1S/C10H13BrClN3/c1-2-15(6-7-3-4-7)9-8(11)5-13-10(12)14-9/h5,7H,2-4,6H2,1H3. The Hall–Kier alpha value is -0.350. The van der Waals surface area contributed by atoms with Crippen molar-refractivity contribution in [3.05, 3.63) is 16.0 Å². The quantitative estimate of drug-likeness (QED) is 0.798. The van der Waals surface area contributed by atoms with Crippen LogP contribution >= 0.6 is 27.5 Å². The Labute approximate surface area is 103 Å². The lowest BCUT2D eigenvalue weighted by Gasteiger charge is -2.22. The summed E-state index contributed by atoms with van der Waals surface area (Å²) >= 11 is 9.26. The number of anilines is 1. The van der Waals surface area contributed by atoms with Crippen molar-refractivity contribution in [3.63, 3.8) is 0 Å². The molecule has 3 nitrogen and oxygen atoms in total. The van der Waals surface area contributed by atoms with Gasteiger partial charge in [-0.25, -0.2) is 4.98 Å². The fraction of sp³-hybridized carbons (Fsp3) is 0.600. The van der Waals surface area contributed by atoms with Gasteiger partial charge < -0.3 is 4.90 Å². The summed E-state index contributed by atoms with van der Waals surface area (Å²) in [5.41, 5.74) is 0. The van der Waals surface area contributed by atoms with Crippen LogP contribution in [0.1, 0.15) is 19.8 Å². The highest BCUT2D eigenvalue weighted by Crippen LogP contribution is 2.32. The molecule has 0 aliphatic heterocycles. The summed E-state index contributed by atoms with van der Waals surface area (Å²) in [6.45, 7) is 4.15. The van der Waals surface area contributed by atoms with Crippen LogP contribution in [0, 0.1) is 5.92 Å². The molecule has 1 fully saturated rings. The predicted molar refractivity (Wildman–Crippen MR) is 65.4 cm³/mol. The van der Waals surface area contributed by atoms with Gasteiger partial charge in [0.1, 0.15) is 5.82 Å². The molecule has 1 aliphatic carbocycles. The molecule has 1 aromatic rings. The zero-order chi connectivity index (χ0) is 10.8. The van der Waals surface area contributed by atoms with Gasteiger partial charge in [-0.3, -0.25) is 0 Å². The SMILES string of the molecule is CCN(CC1CC1)c1nc(Cl)ncc1Br. The normalized spacial score (nSPS) is 15.4. The smallest absolute Gasteiger partial charge is 0.224 e. The molecule has 1 aromatic heterocycles. The highest BCUT2D eigenvalue weighted by molar-refractivity contribution is 9.10. The van der Waals surface area contributed by atoms with E-state index in [1.807, 2.05) is 0 Å². The van der Waals surface area contributed by atoms with Gasteiger partial charge in [-0.05, 0) is 53.2 Å². The summed E-state index contributed by atoms with van der Waals surface area (Å²) in [7, 11) is 0. The van der Waals surface area contributed by atoms with Crippen LogP contribution < -0.4 is 4.90 Å². The zero-order valence-electron chi connectivity index (χ0n) is 8.58. The summed E-state index contributed by atoms with van der Waals surface area (Å²) < 4.78 is 0.911. The van der Waals surface area contributed by atoms with E-state index in [0.717, 1.165) is 29.3 Å². The van der Waals surface area contributed by atoms with E-state index in [0.29, 0.717) is 5.28 Å². The fourth-order valence-electron chi connectivity index (χ4n) is 1.54. The first kappa shape index (κ1) is 11.1. The van der Waals surface area contributed by atoms with Crippen molar-refractivity contribution >= 4 is 33.3 Å². The maximum Gasteiger partial charge on any atom is 0.224 e.